The van der Waals surface area contributed by atoms with Gasteiger partial charge in [0.05, 0.1) is 25.3 Å². The molecule has 2 aromatic rings. The van der Waals surface area contributed by atoms with Gasteiger partial charge >= 0.3 is 0 Å². The van der Waals surface area contributed by atoms with E-state index in [2.05, 4.69) is 84.3 Å². The van der Waals surface area contributed by atoms with Crippen LogP contribution in [0.2, 0.25) is 0 Å². The van der Waals surface area contributed by atoms with Crippen LogP contribution in [-0.4, -0.2) is 47.6 Å². The highest BCUT2D eigenvalue weighted by Crippen LogP contribution is 2.42. The number of hydrogen-bond acceptors (Lipinski definition) is 4. The lowest BCUT2D eigenvalue weighted by Crippen LogP contribution is -2.51. The van der Waals surface area contributed by atoms with Gasteiger partial charge in [0.2, 0.25) is 0 Å². The fourth-order valence-electron chi connectivity index (χ4n) is 5.43. The van der Waals surface area contributed by atoms with E-state index in [1.165, 1.54) is 11.1 Å². The van der Waals surface area contributed by atoms with E-state index in [-0.39, 0.29) is 12.5 Å². The topological polar surface area (TPSA) is 24.9 Å². The maximum atomic E-state index is 6.35. The summed E-state index contributed by atoms with van der Waals surface area (Å²) in [5.41, 5.74) is 2.72. The van der Waals surface area contributed by atoms with Gasteiger partial charge in [0.1, 0.15) is 12.5 Å². The number of ether oxygens (including phenoxy) is 2. The lowest BCUT2D eigenvalue weighted by Gasteiger charge is -2.43. The van der Waals surface area contributed by atoms with Crippen molar-refractivity contribution in [3.05, 3.63) is 71.8 Å². The highest BCUT2D eigenvalue weighted by molar-refractivity contribution is 5.22. The number of hydrogen-bond donors (Lipinski definition) is 0. The van der Waals surface area contributed by atoms with Crippen molar-refractivity contribution in [2.75, 3.05) is 13.2 Å². The van der Waals surface area contributed by atoms with Crippen molar-refractivity contribution in [3.8, 4) is 0 Å². The molecule has 4 nitrogen and oxygen atoms in total. The largest absolute Gasteiger partial charge is 0.361 e. The first kappa shape index (κ1) is 18.3. The number of nitrogens with zero attached hydrogens (tertiary/aromatic N) is 2. The molecule has 4 heteroatoms. The van der Waals surface area contributed by atoms with Gasteiger partial charge in [-0.25, -0.2) is 0 Å². The molecule has 0 bridgehead atoms. The van der Waals surface area contributed by atoms with E-state index in [4.69, 9.17) is 9.47 Å². The third kappa shape index (κ3) is 3.18. The highest BCUT2D eigenvalue weighted by Gasteiger charge is 2.47. The van der Waals surface area contributed by atoms with Gasteiger partial charge in [-0.1, -0.05) is 60.7 Å². The predicted octanol–water partition coefficient (Wildman–Crippen LogP) is 4.36. The monoisotopic (exact) mass is 378 g/mol. The van der Waals surface area contributed by atoms with E-state index in [1.54, 1.807) is 0 Å². The molecule has 3 aliphatic heterocycles. The molecule has 3 heterocycles. The van der Waals surface area contributed by atoms with Crippen molar-refractivity contribution >= 4 is 0 Å². The molecule has 4 unspecified atom stereocenters. The van der Waals surface area contributed by atoms with Crippen LogP contribution in [-0.2, 0) is 9.47 Å². The lowest BCUT2D eigenvalue weighted by molar-refractivity contribution is -0.0813. The first-order chi connectivity index (χ1) is 13.7. The van der Waals surface area contributed by atoms with E-state index in [0.717, 1.165) is 26.1 Å². The highest BCUT2D eigenvalue weighted by atomic mass is 16.5. The van der Waals surface area contributed by atoms with Crippen molar-refractivity contribution in [2.24, 2.45) is 0 Å². The Morgan fingerprint density at radius 2 is 1.04 bits per heavy atom. The van der Waals surface area contributed by atoms with E-state index in [0.29, 0.717) is 24.2 Å². The number of benzene rings is 2. The van der Waals surface area contributed by atoms with Crippen molar-refractivity contribution < 1.29 is 9.47 Å². The quantitative estimate of drug-likeness (QED) is 0.775. The minimum absolute atomic E-state index is 0.174. The Balaban J connectivity index is 1.41. The molecule has 28 heavy (non-hydrogen) atoms. The fourth-order valence-corrected chi connectivity index (χ4v) is 5.43. The van der Waals surface area contributed by atoms with Crippen molar-refractivity contribution in [1.82, 2.24) is 9.80 Å². The Morgan fingerprint density at radius 3 is 1.43 bits per heavy atom. The third-order valence-corrected chi connectivity index (χ3v) is 6.75. The van der Waals surface area contributed by atoms with Gasteiger partial charge in [-0.05, 0) is 25.0 Å². The first-order valence-electron chi connectivity index (χ1n) is 10.6. The van der Waals surface area contributed by atoms with E-state index in [9.17, 15) is 0 Å². The van der Waals surface area contributed by atoms with Crippen LogP contribution in [0.1, 0.15) is 49.9 Å². The second kappa shape index (κ2) is 7.60. The molecular formula is C24H30N2O2. The molecule has 0 aliphatic carbocycles. The van der Waals surface area contributed by atoms with Crippen LogP contribution >= 0.6 is 0 Å². The van der Waals surface area contributed by atoms with Crippen LogP contribution in [0, 0.1) is 0 Å². The summed E-state index contributed by atoms with van der Waals surface area (Å²) in [5.74, 6) is 0. The van der Waals surface area contributed by atoms with Crippen LogP contribution in [0.15, 0.2) is 60.7 Å². The standard InChI is InChI=1S/C24H30N2O2/c1-17-13-23-26(22(16-27-23)20-11-7-4-8-12-20)18(2)14-24-25(17)21(15-28-24)19-9-5-3-6-10-19/h3-12,17-18,21-24H,13-16H2,1-2H3/t17?,18?,21-,22-,23?,24?/m0/s1. The van der Waals surface area contributed by atoms with Crippen LogP contribution in [0.4, 0.5) is 0 Å². The van der Waals surface area contributed by atoms with E-state index in [1.807, 2.05) is 0 Å². The Labute approximate surface area is 168 Å². The lowest BCUT2D eigenvalue weighted by atomic mass is 9.97. The Bertz CT molecular complexity index is 716. The van der Waals surface area contributed by atoms with Crippen LogP contribution in [0.3, 0.4) is 0 Å². The number of fused-ring (bicyclic) bond motifs is 2. The summed E-state index contributed by atoms with van der Waals surface area (Å²) >= 11 is 0. The van der Waals surface area contributed by atoms with E-state index >= 15 is 0 Å². The second-order valence-corrected chi connectivity index (χ2v) is 8.49. The van der Waals surface area contributed by atoms with Gasteiger partial charge in [0, 0.05) is 24.9 Å². The summed E-state index contributed by atoms with van der Waals surface area (Å²) in [4.78, 5) is 5.20. The molecule has 3 aliphatic rings. The fraction of sp³-hybridized carbons (Fsp3) is 0.500. The molecule has 5 rings (SSSR count). The van der Waals surface area contributed by atoms with Crippen molar-refractivity contribution in [3.63, 3.8) is 0 Å². The van der Waals surface area contributed by atoms with Gasteiger partial charge in [-0.3, -0.25) is 9.80 Å². The molecule has 0 N–H and O–H groups in total. The van der Waals surface area contributed by atoms with Crippen LogP contribution < -0.4 is 0 Å². The molecule has 0 aromatic heterocycles. The average Bonchev–Trinajstić information content (AvgIpc) is 3.32. The Morgan fingerprint density at radius 1 is 0.643 bits per heavy atom. The molecule has 0 amide bonds. The zero-order valence-corrected chi connectivity index (χ0v) is 16.8. The SMILES string of the molecule is CC1CC2OC[C@@H](c3ccccc3)N2C(C)CC2OC[C@@H](c3ccccc3)N12. The van der Waals surface area contributed by atoms with E-state index < -0.39 is 0 Å². The molecule has 3 saturated heterocycles. The average molecular weight is 379 g/mol. The van der Waals surface area contributed by atoms with Gasteiger partial charge < -0.3 is 9.47 Å². The molecule has 0 radical (unpaired) electrons. The molecule has 148 valence electrons. The van der Waals surface area contributed by atoms with Gasteiger partial charge in [0.15, 0.2) is 0 Å². The summed E-state index contributed by atoms with van der Waals surface area (Å²) in [6, 6.07) is 23.1. The summed E-state index contributed by atoms with van der Waals surface area (Å²) < 4.78 is 12.7. The maximum Gasteiger partial charge on any atom is 0.113 e. The maximum absolute atomic E-state index is 6.35. The normalized spacial score (nSPS) is 36.5. The molecule has 2 aromatic carbocycles. The predicted molar refractivity (Wildman–Crippen MR) is 110 cm³/mol. The molecule has 3 fully saturated rings. The third-order valence-electron chi connectivity index (χ3n) is 6.75. The minimum atomic E-state index is 0.174. The molecule has 6 atom stereocenters. The molecule has 0 saturated carbocycles. The zero-order chi connectivity index (χ0) is 19.1. The van der Waals surface area contributed by atoms with Crippen molar-refractivity contribution in [2.45, 2.75) is 63.3 Å². The summed E-state index contributed by atoms with van der Waals surface area (Å²) in [5, 5.41) is 0. The second-order valence-electron chi connectivity index (χ2n) is 8.49. The summed E-state index contributed by atoms with van der Waals surface area (Å²) in [7, 11) is 0. The Kier molecular flexibility index (Phi) is 4.97. The number of rotatable bonds is 2. The van der Waals surface area contributed by atoms with Gasteiger partial charge in [-0.15, -0.1) is 0 Å². The first-order valence-corrected chi connectivity index (χ1v) is 10.6. The minimum Gasteiger partial charge on any atom is -0.361 e. The van der Waals surface area contributed by atoms with Gasteiger partial charge in [0.25, 0.3) is 0 Å². The molecule has 0 spiro atoms. The molecular weight excluding hydrogens is 348 g/mol. The summed E-state index contributed by atoms with van der Waals surface area (Å²) in [6.45, 7) is 6.23. The zero-order valence-electron chi connectivity index (χ0n) is 16.8. The smallest absolute Gasteiger partial charge is 0.113 e. The van der Waals surface area contributed by atoms with Crippen LogP contribution in [0.25, 0.3) is 0 Å². The Hall–Kier alpha value is -1.72. The van der Waals surface area contributed by atoms with Gasteiger partial charge in [-0.2, -0.15) is 0 Å². The van der Waals surface area contributed by atoms with Crippen LogP contribution in [0.5, 0.6) is 0 Å². The van der Waals surface area contributed by atoms with Crippen molar-refractivity contribution in [1.29, 1.82) is 0 Å². The summed E-state index contributed by atoms with van der Waals surface area (Å²) in [6.07, 6.45) is 2.37.